The van der Waals surface area contributed by atoms with Gasteiger partial charge in [0.2, 0.25) is 5.91 Å². The van der Waals surface area contributed by atoms with Crippen LogP contribution in [0.4, 0.5) is 18.9 Å². The average Bonchev–Trinajstić information content (AvgIpc) is 3.52. The summed E-state index contributed by atoms with van der Waals surface area (Å²) < 4.78 is 40.4. The zero-order valence-electron chi connectivity index (χ0n) is 20.9. The minimum absolute atomic E-state index is 0.0152. The summed E-state index contributed by atoms with van der Waals surface area (Å²) in [5.74, 6) is -3.20. The van der Waals surface area contributed by atoms with E-state index in [1.807, 2.05) is 6.92 Å². The molecule has 1 N–H and O–H groups in total. The van der Waals surface area contributed by atoms with Crippen molar-refractivity contribution in [3.05, 3.63) is 33.8 Å². The minimum Gasteiger partial charge on any atom is -0.343 e. The van der Waals surface area contributed by atoms with Gasteiger partial charge in [0.1, 0.15) is 16.7 Å². The topological polar surface area (TPSA) is 114 Å². The molecule has 2 amide bonds. The Labute approximate surface area is 220 Å². The van der Waals surface area contributed by atoms with Crippen molar-refractivity contribution in [3.8, 4) is 0 Å². The van der Waals surface area contributed by atoms with E-state index >= 15 is 0 Å². The lowest BCUT2D eigenvalue weighted by Gasteiger charge is -2.36. The summed E-state index contributed by atoms with van der Waals surface area (Å²) in [5.41, 5.74) is 1.17. The van der Waals surface area contributed by atoms with Gasteiger partial charge in [-0.05, 0) is 50.5 Å². The van der Waals surface area contributed by atoms with Crippen LogP contribution in [0.15, 0.2) is 17.8 Å². The van der Waals surface area contributed by atoms with Gasteiger partial charge >= 0.3 is 12.1 Å². The molecule has 38 heavy (non-hydrogen) atoms. The maximum absolute atomic E-state index is 12.9. The number of thiophene rings is 1. The lowest BCUT2D eigenvalue weighted by Crippen LogP contribution is -2.54. The fourth-order valence-electron chi connectivity index (χ4n) is 4.64. The van der Waals surface area contributed by atoms with Crippen molar-refractivity contribution < 1.29 is 37.2 Å². The molecule has 2 aromatic heterocycles. The van der Waals surface area contributed by atoms with E-state index in [9.17, 15) is 32.3 Å². The Balaban J connectivity index is 1.32. The van der Waals surface area contributed by atoms with E-state index in [-0.39, 0.29) is 47.4 Å². The van der Waals surface area contributed by atoms with E-state index in [2.05, 4.69) is 15.3 Å². The number of halogens is 3. The van der Waals surface area contributed by atoms with E-state index < -0.39 is 24.2 Å². The van der Waals surface area contributed by atoms with Crippen LogP contribution in [0.5, 0.6) is 0 Å². The van der Waals surface area contributed by atoms with Crippen LogP contribution in [0.2, 0.25) is 0 Å². The van der Waals surface area contributed by atoms with E-state index in [0.717, 1.165) is 16.4 Å². The number of carbonyl (C=O) groups is 4. The Kier molecular flexibility index (Phi) is 8.09. The molecule has 10 nitrogen and oxygen atoms in total. The van der Waals surface area contributed by atoms with E-state index in [4.69, 9.17) is 0 Å². The molecule has 0 bridgehead atoms. The van der Waals surface area contributed by atoms with Gasteiger partial charge in [0.05, 0.1) is 11.8 Å². The number of anilines is 1. The second-order valence-electron chi connectivity index (χ2n) is 9.28. The molecule has 14 heteroatoms. The minimum atomic E-state index is -5.21. The van der Waals surface area contributed by atoms with Gasteiger partial charge in [-0.25, -0.2) is 4.79 Å². The molecule has 206 valence electrons. The molecule has 0 radical (unpaired) electrons. The highest BCUT2D eigenvalue weighted by atomic mass is 32.1. The van der Waals surface area contributed by atoms with Crippen LogP contribution in [-0.4, -0.2) is 63.7 Å². The fourth-order valence-corrected chi connectivity index (χ4v) is 5.57. The Hall–Kier alpha value is -3.42. The van der Waals surface area contributed by atoms with Crippen LogP contribution >= 0.6 is 11.3 Å². The summed E-state index contributed by atoms with van der Waals surface area (Å²) in [5, 5.41) is 9.09. The van der Waals surface area contributed by atoms with Crippen molar-refractivity contribution in [1.82, 2.24) is 20.0 Å². The monoisotopic (exact) mass is 555 g/mol. The van der Waals surface area contributed by atoms with Gasteiger partial charge in [-0.15, -0.1) is 11.3 Å². The second kappa shape index (κ2) is 11.1. The van der Waals surface area contributed by atoms with Gasteiger partial charge in [-0.1, -0.05) is 0 Å². The van der Waals surface area contributed by atoms with Crippen molar-refractivity contribution in [2.24, 2.45) is 5.92 Å². The molecule has 1 unspecified atom stereocenters. The molecule has 0 saturated carbocycles. The maximum atomic E-state index is 12.9. The smallest absolute Gasteiger partial charge is 0.343 e. The van der Waals surface area contributed by atoms with Gasteiger partial charge in [0.25, 0.3) is 5.91 Å². The predicted molar refractivity (Wildman–Crippen MR) is 130 cm³/mol. The van der Waals surface area contributed by atoms with Gasteiger partial charge < -0.3 is 15.1 Å². The summed E-state index contributed by atoms with van der Waals surface area (Å²) in [4.78, 5) is 56.1. The largest absolute Gasteiger partial charge is 0.493 e. The molecule has 1 saturated heterocycles. The van der Waals surface area contributed by atoms with Crippen LogP contribution in [0.25, 0.3) is 0 Å². The lowest BCUT2D eigenvalue weighted by atomic mass is 9.90. The molecule has 0 spiro atoms. The summed E-state index contributed by atoms with van der Waals surface area (Å²) in [6.45, 7) is 5.04. The molecule has 0 aromatic carbocycles. The van der Waals surface area contributed by atoms with Crippen LogP contribution in [0, 0.1) is 12.8 Å². The highest BCUT2D eigenvalue weighted by Crippen LogP contribution is 2.37. The highest BCUT2D eigenvalue weighted by molar-refractivity contribution is 7.13. The third kappa shape index (κ3) is 5.84. The molecule has 2 aliphatic heterocycles. The summed E-state index contributed by atoms with van der Waals surface area (Å²) in [7, 11) is 0. The summed E-state index contributed by atoms with van der Waals surface area (Å²) in [6, 6.07) is 0. The first kappa shape index (κ1) is 27.6. The van der Waals surface area contributed by atoms with Gasteiger partial charge in [-0.3, -0.25) is 19.1 Å². The van der Waals surface area contributed by atoms with Gasteiger partial charge in [0, 0.05) is 38.2 Å². The maximum Gasteiger partial charge on any atom is 0.493 e. The van der Waals surface area contributed by atoms with Crippen molar-refractivity contribution in [2.75, 3.05) is 18.2 Å². The number of fused-ring (bicyclic) bond motifs is 1. The first-order chi connectivity index (χ1) is 18.0. The van der Waals surface area contributed by atoms with Crippen LogP contribution in [0.3, 0.4) is 0 Å². The molecule has 1 atom stereocenters. The van der Waals surface area contributed by atoms with Crippen molar-refractivity contribution >= 4 is 40.6 Å². The summed E-state index contributed by atoms with van der Waals surface area (Å²) in [6.07, 6.45) is -1.53. The highest BCUT2D eigenvalue weighted by Gasteiger charge is 2.45. The number of aromatic nitrogens is 2. The molecular weight excluding hydrogens is 527 g/mol. The third-order valence-corrected chi connectivity index (χ3v) is 7.78. The molecule has 1 fully saturated rings. The first-order valence-corrected chi connectivity index (χ1v) is 13.2. The van der Waals surface area contributed by atoms with Crippen LogP contribution in [-0.2, 0) is 21.0 Å². The van der Waals surface area contributed by atoms with Gasteiger partial charge in [0.15, 0.2) is 5.78 Å². The zero-order chi connectivity index (χ0) is 27.6. The normalized spacial score (nSPS) is 18.2. The molecule has 2 aliphatic rings. The number of Topliss-reactive ketones (excluding diaryl/α,β-unsaturated/α-hetero) is 1. The number of likely N-dealkylation sites (tertiary alicyclic amines) is 1. The number of hydrogen-bond donors (Lipinski definition) is 1. The van der Waals surface area contributed by atoms with Crippen LogP contribution in [0.1, 0.15) is 64.6 Å². The summed E-state index contributed by atoms with van der Waals surface area (Å²) >= 11 is 1.04. The number of nitrogens with zero attached hydrogens (tertiary/aromatic N) is 4. The number of aryl methyl sites for hydroxylation is 2. The van der Waals surface area contributed by atoms with Gasteiger partial charge in [-0.2, -0.15) is 23.3 Å². The number of nitrogens with one attached hydrogen (secondary N) is 1. The standard InChI is InChI=1S/C24H28F3N5O5S/c1-3-31-12-16(11-28-31)20(34)15-7-9-30(10-8-15)18(33)6-4-5-17-29-22(35)21-19(14(2)13-38-21)32(17)37-23(36)24(25,26)27/h11-13,15,17H,3-10H2,1-2H3,(H,29,35). The number of hydroxylamine groups is 1. The lowest BCUT2D eigenvalue weighted by molar-refractivity contribution is -0.202. The number of rotatable bonds is 8. The molecule has 0 aliphatic carbocycles. The number of ketones is 1. The van der Waals surface area contributed by atoms with Crippen molar-refractivity contribution in [2.45, 2.75) is 64.8 Å². The van der Waals surface area contributed by atoms with Crippen molar-refractivity contribution in [1.29, 1.82) is 0 Å². The molecular formula is C24H28F3N5O5S. The Bertz CT molecular complexity index is 1220. The predicted octanol–water partition coefficient (Wildman–Crippen LogP) is 3.46. The zero-order valence-corrected chi connectivity index (χ0v) is 21.7. The number of alkyl halides is 3. The Morgan fingerprint density at radius 2 is 1.95 bits per heavy atom. The van der Waals surface area contributed by atoms with E-state index in [1.54, 1.807) is 34.3 Å². The molecule has 4 rings (SSSR count). The van der Waals surface area contributed by atoms with Crippen LogP contribution < -0.4 is 10.4 Å². The Morgan fingerprint density at radius 1 is 1.24 bits per heavy atom. The fraction of sp³-hybridized carbons (Fsp3) is 0.542. The van der Waals surface area contributed by atoms with E-state index in [0.29, 0.717) is 43.6 Å². The van der Waals surface area contributed by atoms with E-state index in [1.165, 1.54) is 0 Å². The number of carbonyl (C=O) groups excluding carboxylic acids is 4. The number of amides is 2. The molecule has 4 heterocycles. The number of piperidine rings is 1. The third-order valence-electron chi connectivity index (χ3n) is 6.69. The Morgan fingerprint density at radius 3 is 2.58 bits per heavy atom. The van der Waals surface area contributed by atoms with Crippen molar-refractivity contribution in [3.63, 3.8) is 0 Å². The first-order valence-electron chi connectivity index (χ1n) is 12.3. The molecule has 2 aromatic rings. The number of hydrogen-bond acceptors (Lipinski definition) is 8. The average molecular weight is 556 g/mol. The quantitative estimate of drug-likeness (QED) is 0.497. The SMILES string of the molecule is CCn1cc(C(=O)C2CCN(C(=O)CCCC3NC(=O)c4scc(C)c4N3OC(=O)C(F)(F)F)CC2)cn1. The second-order valence-corrected chi connectivity index (χ2v) is 10.2.